The first-order chi connectivity index (χ1) is 7.26. The van der Waals surface area contributed by atoms with Crippen molar-refractivity contribution in [2.45, 2.75) is 30.8 Å². The summed E-state index contributed by atoms with van der Waals surface area (Å²) in [6, 6.07) is 8.16. The summed E-state index contributed by atoms with van der Waals surface area (Å²) in [6.45, 7) is 0. The van der Waals surface area contributed by atoms with Gasteiger partial charge in [0.05, 0.1) is 13.2 Å². The molecule has 2 heteroatoms. The highest BCUT2D eigenvalue weighted by molar-refractivity contribution is 5.39. The summed E-state index contributed by atoms with van der Waals surface area (Å²) in [4.78, 5) is 0. The molecule has 2 bridgehead atoms. The van der Waals surface area contributed by atoms with Crippen LogP contribution in [0.4, 0.5) is 0 Å². The quantitative estimate of drug-likeness (QED) is 0.799. The maximum Gasteiger partial charge on any atom is 0.119 e. The Morgan fingerprint density at radius 3 is 2.93 bits per heavy atom. The van der Waals surface area contributed by atoms with Crippen LogP contribution in [0, 0.1) is 5.92 Å². The van der Waals surface area contributed by atoms with Crippen molar-refractivity contribution in [3.05, 3.63) is 29.8 Å². The van der Waals surface area contributed by atoms with Crippen molar-refractivity contribution in [3.8, 4) is 5.75 Å². The highest BCUT2D eigenvalue weighted by atomic mass is 16.5. The zero-order chi connectivity index (χ0) is 10.5. The Morgan fingerprint density at radius 1 is 1.47 bits per heavy atom. The third-order valence-electron chi connectivity index (χ3n) is 4.25. The zero-order valence-electron chi connectivity index (χ0n) is 8.94. The number of hydrogen-bond donors (Lipinski definition) is 1. The molecular formula is C13H16O2. The summed E-state index contributed by atoms with van der Waals surface area (Å²) in [5, 5.41) is 10.1. The molecule has 3 saturated carbocycles. The van der Waals surface area contributed by atoms with Gasteiger partial charge in [0.2, 0.25) is 0 Å². The average molecular weight is 204 g/mol. The van der Waals surface area contributed by atoms with Crippen molar-refractivity contribution < 1.29 is 9.84 Å². The van der Waals surface area contributed by atoms with Gasteiger partial charge in [0.25, 0.3) is 0 Å². The van der Waals surface area contributed by atoms with E-state index in [1.165, 1.54) is 12.0 Å². The average Bonchev–Trinajstić information content (AvgIpc) is 2.87. The summed E-state index contributed by atoms with van der Waals surface area (Å²) >= 11 is 0. The molecule has 3 unspecified atom stereocenters. The lowest BCUT2D eigenvalue weighted by atomic mass is 9.63. The van der Waals surface area contributed by atoms with Crippen LogP contribution in [-0.4, -0.2) is 18.3 Å². The lowest BCUT2D eigenvalue weighted by molar-refractivity contribution is -0.0175. The second-order valence-electron chi connectivity index (χ2n) is 4.84. The van der Waals surface area contributed by atoms with E-state index in [1.54, 1.807) is 7.11 Å². The van der Waals surface area contributed by atoms with Crippen LogP contribution in [0.15, 0.2) is 24.3 Å². The second-order valence-corrected chi connectivity index (χ2v) is 4.84. The molecule has 3 aliphatic carbocycles. The Labute approximate surface area is 89.9 Å². The molecule has 3 atom stereocenters. The molecule has 2 nitrogen and oxygen atoms in total. The van der Waals surface area contributed by atoms with Crippen LogP contribution >= 0.6 is 0 Å². The number of aliphatic hydroxyl groups is 1. The van der Waals surface area contributed by atoms with E-state index in [-0.39, 0.29) is 11.5 Å². The number of methoxy groups -OCH3 is 1. The molecule has 0 spiro atoms. The summed E-state index contributed by atoms with van der Waals surface area (Å²) in [5.41, 5.74) is 1.31. The first kappa shape index (κ1) is 9.22. The summed E-state index contributed by atoms with van der Waals surface area (Å²) in [7, 11) is 1.69. The number of hydrogen-bond acceptors (Lipinski definition) is 2. The van der Waals surface area contributed by atoms with Crippen LogP contribution in [0.5, 0.6) is 5.75 Å². The maximum atomic E-state index is 10.1. The van der Waals surface area contributed by atoms with Crippen molar-refractivity contribution >= 4 is 0 Å². The SMILES string of the molecule is COc1cccc(C23CCC(C2)C3O)c1. The van der Waals surface area contributed by atoms with E-state index in [1.807, 2.05) is 12.1 Å². The monoisotopic (exact) mass is 204 g/mol. The number of rotatable bonds is 2. The van der Waals surface area contributed by atoms with E-state index in [0.29, 0.717) is 5.92 Å². The van der Waals surface area contributed by atoms with E-state index in [2.05, 4.69) is 12.1 Å². The second kappa shape index (κ2) is 2.99. The standard InChI is InChI=1S/C13H16O2/c1-15-11-4-2-3-10(7-11)13-6-5-9(8-13)12(13)14/h2-4,7,9,12,14H,5-6,8H2,1H3. The molecule has 15 heavy (non-hydrogen) atoms. The first-order valence-corrected chi connectivity index (χ1v) is 5.59. The fourth-order valence-corrected chi connectivity index (χ4v) is 3.31. The molecule has 1 N–H and O–H groups in total. The van der Waals surface area contributed by atoms with Gasteiger partial charge in [0, 0.05) is 5.41 Å². The van der Waals surface area contributed by atoms with E-state index in [4.69, 9.17) is 4.74 Å². The van der Waals surface area contributed by atoms with Gasteiger partial charge in [-0.3, -0.25) is 0 Å². The van der Waals surface area contributed by atoms with E-state index < -0.39 is 0 Å². The fraction of sp³-hybridized carbons (Fsp3) is 0.538. The molecule has 4 rings (SSSR count). The highest BCUT2D eigenvalue weighted by Crippen LogP contribution is 2.59. The van der Waals surface area contributed by atoms with Crippen molar-refractivity contribution in [3.63, 3.8) is 0 Å². The van der Waals surface area contributed by atoms with Gasteiger partial charge in [-0.15, -0.1) is 0 Å². The molecule has 0 amide bonds. The van der Waals surface area contributed by atoms with E-state index in [0.717, 1.165) is 18.6 Å². The highest BCUT2D eigenvalue weighted by Gasteiger charge is 2.59. The maximum absolute atomic E-state index is 10.1. The van der Waals surface area contributed by atoms with Gasteiger partial charge in [0.15, 0.2) is 0 Å². The minimum absolute atomic E-state index is 0.0548. The fourth-order valence-electron chi connectivity index (χ4n) is 3.31. The third-order valence-corrected chi connectivity index (χ3v) is 4.25. The molecule has 0 radical (unpaired) electrons. The third kappa shape index (κ3) is 1.08. The predicted octanol–water partition coefficient (Wildman–Crippen LogP) is 2.11. The van der Waals surface area contributed by atoms with Gasteiger partial charge in [-0.25, -0.2) is 0 Å². The number of benzene rings is 1. The summed E-state index contributed by atoms with van der Waals surface area (Å²) in [5.74, 6) is 1.45. The topological polar surface area (TPSA) is 29.5 Å². The van der Waals surface area contributed by atoms with Gasteiger partial charge in [-0.2, -0.15) is 0 Å². The Kier molecular flexibility index (Phi) is 1.84. The van der Waals surface area contributed by atoms with Crippen molar-refractivity contribution in [1.29, 1.82) is 0 Å². The predicted molar refractivity (Wildman–Crippen MR) is 58.0 cm³/mol. The number of fused-ring (bicyclic) bond motifs is 1. The van der Waals surface area contributed by atoms with Gasteiger partial charge in [-0.1, -0.05) is 12.1 Å². The molecule has 3 fully saturated rings. The molecule has 0 aliphatic heterocycles. The molecule has 0 saturated heterocycles. The lowest BCUT2D eigenvalue weighted by Gasteiger charge is -2.44. The van der Waals surface area contributed by atoms with Crippen LogP contribution in [-0.2, 0) is 5.41 Å². The zero-order valence-corrected chi connectivity index (χ0v) is 8.94. The van der Waals surface area contributed by atoms with Crippen molar-refractivity contribution in [2.24, 2.45) is 5.92 Å². The van der Waals surface area contributed by atoms with Gasteiger partial charge < -0.3 is 9.84 Å². The van der Waals surface area contributed by atoms with E-state index in [9.17, 15) is 5.11 Å². The normalized spacial score (nSPS) is 37.5. The molecule has 0 aromatic heterocycles. The van der Waals surface area contributed by atoms with Crippen LogP contribution in [0.3, 0.4) is 0 Å². The molecule has 1 aromatic rings. The molecule has 80 valence electrons. The Balaban J connectivity index is 1.99. The van der Waals surface area contributed by atoms with Gasteiger partial charge in [0.1, 0.15) is 5.75 Å². The lowest BCUT2D eigenvalue weighted by Crippen LogP contribution is -2.48. The van der Waals surface area contributed by atoms with Crippen molar-refractivity contribution in [1.82, 2.24) is 0 Å². The van der Waals surface area contributed by atoms with Crippen LogP contribution in [0.1, 0.15) is 24.8 Å². The van der Waals surface area contributed by atoms with Gasteiger partial charge in [-0.05, 0) is 42.9 Å². The molecule has 1 aromatic carbocycles. The largest absolute Gasteiger partial charge is 0.497 e. The van der Waals surface area contributed by atoms with E-state index >= 15 is 0 Å². The van der Waals surface area contributed by atoms with Gasteiger partial charge >= 0.3 is 0 Å². The molecular weight excluding hydrogens is 188 g/mol. The minimum Gasteiger partial charge on any atom is -0.497 e. The van der Waals surface area contributed by atoms with Crippen LogP contribution < -0.4 is 4.74 Å². The van der Waals surface area contributed by atoms with Crippen molar-refractivity contribution in [2.75, 3.05) is 7.11 Å². The smallest absolute Gasteiger partial charge is 0.119 e. The Morgan fingerprint density at radius 2 is 2.33 bits per heavy atom. The number of ether oxygens (including phenoxy) is 1. The Bertz CT molecular complexity index is 384. The Hall–Kier alpha value is -1.02. The first-order valence-electron chi connectivity index (χ1n) is 5.59. The minimum atomic E-state index is -0.121. The van der Waals surface area contributed by atoms with Crippen LogP contribution in [0.2, 0.25) is 0 Å². The molecule has 3 aliphatic rings. The summed E-state index contributed by atoms with van der Waals surface area (Å²) in [6.07, 6.45) is 3.34. The van der Waals surface area contributed by atoms with Crippen LogP contribution in [0.25, 0.3) is 0 Å². The summed E-state index contributed by atoms with van der Waals surface area (Å²) < 4.78 is 5.23. The molecule has 0 heterocycles. The number of aliphatic hydroxyl groups excluding tert-OH is 1.